The van der Waals surface area contributed by atoms with Crippen LogP contribution in [0.3, 0.4) is 0 Å². The highest BCUT2D eigenvalue weighted by atomic mass is 79.9. The number of hydrogen-bond acceptors (Lipinski definition) is 4. The largest absolute Gasteiger partial charge is 0.478 e. The van der Waals surface area contributed by atoms with E-state index in [0.717, 1.165) is 0 Å². The first-order chi connectivity index (χ1) is 8.95. The number of carbonyl (C=O) groups is 1. The quantitative estimate of drug-likeness (QED) is 0.805. The smallest absolute Gasteiger partial charge is 0.335 e. The molecule has 98 valence electrons. The molecule has 0 aliphatic carbocycles. The molecule has 0 fully saturated rings. The van der Waals surface area contributed by atoms with E-state index in [-0.39, 0.29) is 11.1 Å². The van der Waals surface area contributed by atoms with Crippen molar-refractivity contribution in [1.29, 1.82) is 0 Å². The van der Waals surface area contributed by atoms with E-state index in [4.69, 9.17) is 5.11 Å². The molecule has 0 unspecified atom stereocenters. The molecule has 2 aromatic rings. The summed E-state index contributed by atoms with van der Waals surface area (Å²) in [5.74, 6) is -0.115. The highest BCUT2D eigenvalue weighted by molar-refractivity contribution is 9.10. The number of aromatic carboxylic acids is 1. The highest BCUT2D eigenvalue weighted by Gasteiger charge is 2.07. The van der Waals surface area contributed by atoms with E-state index >= 15 is 0 Å². The molecule has 0 amide bonds. The van der Waals surface area contributed by atoms with Gasteiger partial charge in [-0.1, -0.05) is 0 Å². The lowest BCUT2D eigenvalue weighted by molar-refractivity contribution is 0.0697. The van der Waals surface area contributed by atoms with Crippen molar-refractivity contribution in [2.45, 2.75) is 6.92 Å². The third-order valence-electron chi connectivity index (χ3n) is 2.34. The Bertz CT molecular complexity index is 697. The van der Waals surface area contributed by atoms with Crippen molar-refractivity contribution in [3.05, 3.63) is 50.5 Å². The Morgan fingerprint density at radius 3 is 2.74 bits per heavy atom. The number of halogens is 1. The number of hydrogen-bond donors (Lipinski definition) is 3. The first-order valence-corrected chi connectivity index (χ1v) is 6.13. The fraction of sp³-hybridized carbons (Fsp3) is 0.0833. The van der Waals surface area contributed by atoms with Crippen LogP contribution in [0.15, 0.2) is 33.5 Å². The van der Waals surface area contributed by atoms with Crippen LogP contribution in [0.1, 0.15) is 16.2 Å². The molecule has 19 heavy (non-hydrogen) atoms. The van der Waals surface area contributed by atoms with E-state index in [0.29, 0.717) is 21.8 Å². The second kappa shape index (κ2) is 5.23. The molecule has 3 N–H and O–H groups in total. The second-order valence-electron chi connectivity index (χ2n) is 3.84. The molecule has 0 atom stereocenters. The molecule has 0 aliphatic heterocycles. The normalized spacial score (nSPS) is 10.2. The fourth-order valence-electron chi connectivity index (χ4n) is 1.53. The predicted octanol–water partition coefficient (Wildman–Crippen LogP) is 2.28. The summed E-state index contributed by atoms with van der Waals surface area (Å²) in [6.45, 7) is 1.68. The summed E-state index contributed by atoms with van der Waals surface area (Å²) in [6, 6.07) is 5.87. The number of aromatic amines is 1. The first-order valence-electron chi connectivity index (χ1n) is 5.33. The van der Waals surface area contributed by atoms with E-state index in [1.807, 2.05) is 0 Å². The molecule has 0 aliphatic rings. The number of nitrogens with zero attached hydrogens (tertiary/aromatic N) is 1. The van der Waals surface area contributed by atoms with Crippen molar-refractivity contribution >= 4 is 33.4 Å². The van der Waals surface area contributed by atoms with Gasteiger partial charge in [0.2, 0.25) is 0 Å². The standard InChI is InChI=1S/C12H10BrN3O3/c1-6-14-10(5-11(17)15-6)16-9-3-2-7(12(18)19)4-8(9)13/h2-5H,1H3,(H,18,19)(H2,14,15,16,17). The van der Waals surface area contributed by atoms with Gasteiger partial charge < -0.3 is 15.4 Å². The Morgan fingerprint density at radius 1 is 1.42 bits per heavy atom. The lowest BCUT2D eigenvalue weighted by Gasteiger charge is -2.08. The van der Waals surface area contributed by atoms with Crippen molar-refractivity contribution in [2.75, 3.05) is 5.32 Å². The Balaban J connectivity index is 2.33. The summed E-state index contributed by atoms with van der Waals surface area (Å²) in [7, 11) is 0. The van der Waals surface area contributed by atoms with Gasteiger partial charge in [-0.15, -0.1) is 0 Å². The summed E-state index contributed by atoms with van der Waals surface area (Å²) in [6.07, 6.45) is 0. The van der Waals surface area contributed by atoms with Crippen LogP contribution in [0, 0.1) is 6.92 Å². The van der Waals surface area contributed by atoms with E-state index in [9.17, 15) is 9.59 Å². The zero-order valence-corrected chi connectivity index (χ0v) is 11.5. The van der Waals surface area contributed by atoms with Crippen molar-refractivity contribution in [3.63, 3.8) is 0 Å². The van der Waals surface area contributed by atoms with Crippen LogP contribution in [-0.4, -0.2) is 21.0 Å². The SMILES string of the molecule is Cc1nc(Nc2ccc(C(=O)O)cc2Br)cc(=O)[nH]1. The molecule has 2 rings (SSSR count). The average molecular weight is 324 g/mol. The summed E-state index contributed by atoms with van der Waals surface area (Å²) in [4.78, 5) is 28.8. The summed E-state index contributed by atoms with van der Waals surface area (Å²) < 4.78 is 0.576. The molecule has 6 nitrogen and oxygen atoms in total. The van der Waals surface area contributed by atoms with Gasteiger partial charge in [-0.3, -0.25) is 4.79 Å². The van der Waals surface area contributed by atoms with Gasteiger partial charge in [0, 0.05) is 10.5 Å². The molecule has 7 heteroatoms. The van der Waals surface area contributed by atoms with E-state index in [2.05, 4.69) is 31.2 Å². The molecule has 0 spiro atoms. The Morgan fingerprint density at radius 2 is 2.16 bits per heavy atom. The molecule has 1 aromatic heterocycles. The van der Waals surface area contributed by atoms with Gasteiger partial charge >= 0.3 is 5.97 Å². The molecule has 0 saturated carbocycles. The van der Waals surface area contributed by atoms with Gasteiger partial charge in [0.1, 0.15) is 11.6 Å². The number of carboxylic acids is 1. The van der Waals surface area contributed by atoms with Crippen molar-refractivity contribution in [3.8, 4) is 0 Å². The third-order valence-corrected chi connectivity index (χ3v) is 2.99. The third kappa shape index (κ3) is 3.19. The van der Waals surface area contributed by atoms with Crippen LogP contribution in [-0.2, 0) is 0 Å². The number of aromatic nitrogens is 2. The van der Waals surface area contributed by atoms with Crippen LogP contribution < -0.4 is 10.9 Å². The Hall–Kier alpha value is -2.15. The van der Waals surface area contributed by atoms with Crippen LogP contribution >= 0.6 is 15.9 Å². The molecule has 1 heterocycles. The van der Waals surface area contributed by atoms with Crippen LogP contribution in [0.5, 0.6) is 0 Å². The van der Waals surface area contributed by atoms with Crippen molar-refractivity contribution in [1.82, 2.24) is 9.97 Å². The predicted molar refractivity (Wildman–Crippen MR) is 74.0 cm³/mol. The lowest BCUT2D eigenvalue weighted by Crippen LogP contribution is -2.10. The number of anilines is 2. The summed E-state index contributed by atoms with van der Waals surface area (Å²) in [5, 5.41) is 11.8. The molecule has 0 radical (unpaired) electrons. The van der Waals surface area contributed by atoms with E-state index in [1.54, 1.807) is 13.0 Å². The minimum atomic E-state index is -1.00. The fourth-order valence-corrected chi connectivity index (χ4v) is 2.01. The van der Waals surface area contributed by atoms with Crippen LogP contribution in [0.4, 0.5) is 11.5 Å². The Labute approximate surface area is 116 Å². The van der Waals surface area contributed by atoms with Gasteiger partial charge in [-0.05, 0) is 41.1 Å². The lowest BCUT2D eigenvalue weighted by atomic mass is 10.2. The maximum Gasteiger partial charge on any atom is 0.335 e. The maximum absolute atomic E-state index is 11.3. The topological polar surface area (TPSA) is 95.1 Å². The van der Waals surface area contributed by atoms with Gasteiger partial charge in [0.25, 0.3) is 5.56 Å². The van der Waals surface area contributed by atoms with Crippen molar-refractivity contribution in [2.24, 2.45) is 0 Å². The van der Waals surface area contributed by atoms with Crippen LogP contribution in [0.2, 0.25) is 0 Å². The number of rotatable bonds is 3. The number of benzene rings is 1. The summed E-state index contributed by atoms with van der Waals surface area (Å²) in [5.41, 5.74) is 0.545. The van der Waals surface area contributed by atoms with Crippen LogP contribution in [0.25, 0.3) is 0 Å². The maximum atomic E-state index is 11.3. The zero-order chi connectivity index (χ0) is 14.0. The average Bonchev–Trinajstić information content (AvgIpc) is 2.30. The highest BCUT2D eigenvalue weighted by Crippen LogP contribution is 2.25. The number of nitrogens with one attached hydrogen (secondary N) is 2. The van der Waals surface area contributed by atoms with E-state index in [1.165, 1.54) is 18.2 Å². The molecule has 0 bridgehead atoms. The number of H-pyrrole nitrogens is 1. The Kier molecular flexibility index (Phi) is 3.66. The first kappa shape index (κ1) is 13.3. The van der Waals surface area contributed by atoms with Gasteiger partial charge in [0.05, 0.1) is 11.3 Å². The molecule has 1 aromatic carbocycles. The molecular formula is C12H10BrN3O3. The second-order valence-corrected chi connectivity index (χ2v) is 4.70. The van der Waals surface area contributed by atoms with Gasteiger partial charge in [-0.2, -0.15) is 0 Å². The minimum absolute atomic E-state index is 0.174. The zero-order valence-electron chi connectivity index (χ0n) is 9.90. The number of carboxylic acid groups (broad SMARTS) is 1. The minimum Gasteiger partial charge on any atom is -0.478 e. The van der Waals surface area contributed by atoms with Crippen molar-refractivity contribution < 1.29 is 9.90 Å². The molecular weight excluding hydrogens is 314 g/mol. The molecule has 0 saturated heterocycles. The van der Waals surface area contributed by atoms with Gasteiger partial charge in [0.15, 0.2) is 0 Å². The monoisotopic (exact) mass is 323 g/mol. The number of aryl methyl sites for hydroxylation is 1. The van der Waals surface area contributed by atoms with Gasteiger partial charge in [-0.25, -0.2) is 9.78 Å². The van der Waals surface area contributed by atoms with E-state index < -0.39 is 5.97 Å². The summed E-state index contributed by atoms with van der Waals surface area (Å²) >= 11 is 3.27.